The van der Waals surface area contributed by atoms with Crippen molar-refractivity contribution in [3.8, 4) is 0 Å². The highest BCUT2D eigenvalue weighted by Crippen LogP contribution is 2.06. The SMILES string of the molecule is CC(C)CC(N)C(=O)NC(C)C(=O)NC(CC(=O)O)C(=O)NC(Cc1ccccc1)C(=O)O. The molecule has 4 atom stereocenters. The number of nitrogens with two attached hydrogens (primary N) is 1. The van der Waals surface area contributed by atoms with Crippen LogP contribution in [-0.4, -0.2) is 64.0 Å². The second-order valence-electron chi connectivity index (χ2n) is 8.21. The number of carbonyl (C=O) groups excluding carboxylic acids is 3. The minimum Gasteiger partial charge on any atom is -0.481 e. The zero-order valence-electron chi connectivity index (χ0n) is 18.9. The number of rotatable bonds is 13. The average molecular weight is 465 g/mol. The van der Waals surface area contributed by atoms with Gasteiger partial charge in [0.1, 0.15) is 18.1 Å². The lowest BCUT2D eigenvalue weighted by atomic mass is 10.0. The summed E-state index contributed by atoms with van der Waals surface area (Å²) in [6.45, 7) is 5.14. The van der Waals surface area contributed by atoms with Crippen LogP contribution in [0.5, 0.6) is 0 Å². The molecule has 0 fully saturated rings. The van der Waals surface area contributed by atoms with Crippen LogP contribution in [0.4, 0.5) is 0 Å². The molecule has 11 nitrogen and oxygen atoms in total. The number of carboxylic acid groups (broad SMARTS) is 2. The zero-order chi connectivity index (χ0) is 25.1. The van der Waals surface area contributed by atoms with Crippen molar-refractivity contribution in [2.24, 2.45) is 11.7 Å². The summed E-state index contributed by atoms with van der Waals surface area (Å²) < 4.78 is 0. The number of benzene rings is 1. The van der Waals surface area contributed by atoms with E-state index in [1.54, 1.807) is 30.3 Å². The Hall–Kier alpha value is -3.47. The van der Waals surface area contributed by atoms with Gasteiger partial charge < -0.3 is 31.9 Å². The van der Waals surface area contributed by atoms with Crippen LogP contribution in [-0.2, 0) is 30.4 Å². The zero-order valence-corrected chi connectivity index (χ0v) is 18.9. The summed E-state index contributed by atoms with van der Waals surface area (Å²) in [5.41, 5.74) is 6.44. The Balaban J connectivity index is 2.83. The molecule has 4 unspecified atom stereocenters. The van der Waals surface area contributed by atoms with Gasteiger partial charge in [0.25, 0.3) is 0 Å². The lowest BCUT2D eigenvalue weighted by Crippen LogP contribution is -2.57. The summed E-state index contributed by atoms with van der Waals surface area (Å²) in [7, 11) is 0. The number of aliphatic carboxylic acids is 2. The molecule has 182 valence electrons. The smallest absolute Gasteiger partial charge is 0.326 e. The second-order valence-corrected chi connectivity index (χ2v) is 8.21. The highest BCUT2D eigenvalue weighted by molar-refractivity contribution is 5.95. The van der Waals surface area contributed by atoms with Crippen LogP contribution in [0.1, 0.15) is 39.2 Å². The van der Waals surface area contributed by atoms with Crippen molar-refractivity contribution in [2.75, 3.05) is 0 Å². The molecule has 0 aliphatic rings. The van der Waals surface area contributed by atoms with Crippen molar-refractivity contribution in [2.45, 2.75) is 64.2 Å². The van der Waals surface area contributed by atoms with E-state index >= 15 is 0 Å². The molecule has 0 radical (unpaired) electrons. The Morgan fingerprint density at radius 3 is 1.94 bits per heavy atom. The Bertz CT molecular complexity index is 844. The molecule has 0 bridgehead atoms. The van der Waals surface area contributed by atoms with Crippen molar-refractivity contribution < 1.29 is 34.2 Å². The molecule has 11 heteroatoms. The minimum atomic E-state index is -1.55. The van der Waals surface area contributed by atoms with Gasteiger partial charge in [-0.3, -0.25) is 19.2 Å². The quantitative estimate of drug-likeness (QED) is 0.228. The first kappa shape index (κ1) is 27.6. The molecule has 0 saturated carbocycles. The summed E-state index contributed by atoms with van der Waals surface area (Å²) in [5, 5.41) is 25.5. The van der Waals surface area contributed by atoms with E-state index in [-0.39, 0.29) is 12.3 Å². The predicted octanol–water partition coefficient (Wildman–Crippen LogP) is -0.364. The monoisotopic (exact) mass is 464 g/mol. The van der Waals surface area contributed by atoms with E-state index < -0.39 is 60.2 Å². The predicted molar refractivity (Wildman–Crippen MR) is 119 cm³/mol. The van der Waals surface area contributed by atoms with Crippen molar-refractivity contribution in [1.82, 2.24) is 16.0 Å². The van der Waals surface area contributed by atoms with E-state index in [1.807, 2.05) is 13.8 Å². The molecule has 1 aromatic rings. The Morgan fingerprint density at radius 2 is 1.42 bits per heavy atom. The summed E-state index contributed by atoms with van der Waals surface area (Å²) in [6, 6.07) is 3.76. The topological polar surface area (TPSA) is 188 Å². The molecule has 3 amide bonds. The van der Waals surface area contributed by atoms with Gasteiger partial charge in [0, 0.05) is 6.42 Å². The Morgan fingerprint density at radius 1 is 0.848 bits per heavy atom. The first-order valence-corrected chi connectivity index (χ1v) is 10.6. The lowest BCUT2D eigenvalue weighted by molar-refractivity contribution is -0.143. The van der Waals surface area contributed by atoms with Gasteiger partial charge in [-0.05, 0) is 24.8 Å². The molecule has 33 heavy (non-hydrogen) atoms. The first-order valence-electron chi connectivity index (χ1n) is 10.6. The summed E-state index contributed by atoms with van der Waals surface area (Å²) >= 11 is 0. The average Bonchev–Trinajstić information content (AvgIpc) is 2.72. The molecule has 7 N–H and O–H groups in total. The normalized spacial score (nSPS) is 14.5. The molecule has 1 rings (SSSR count). The molecule has 0 aliphatic carbocycles. The third-order valence-corrected chi connectivity index (χ3v) is 4.72. The maximum Gasteiger partial charge on any atom is 0.326 e. The van der Waals surface area contributed by atoms with Gasteiger partial charge in [0.05, 0.1) is 12.5 Å². The van der Waals surface area contributed by atoms with E-state index in [1.165, 1.54) is 6.92 Å². The summed E-state index contributed by atoms with van der Waals surface area (Å²) in [4.78, 5) is 60.0. The number of carboxylic acids is 2. The van der Waals surface area contributed by atoms with Crippen LogP contribution in [0.25, 0.3) is 0 Å². The largest absolute Gasteiger partial charge is 0.481 e. The van der Waals surface area contributed by atoms with E-state index in [9.17, 15) is 29.1 Å². The number of carbonyl (C=O) groups is 5. The number of nitrogens with one attached hydrogen (secondary N) is 3. The van der Waals surface area contributed by atoms with Gasteiger partial charge in [-0.25, -0.2) is 4.79 Å². The Labute approximate surface area is 192 Å². The molecular formula is C22H32N4O7. The van der Waals surface area contributed by atoms with Gasteiger partial charge in [0.15, 0.2) is 0 Å². The van der Waals surface area contributed by atoms with Crippen molar-refractivity contribution in [1.29, 1.82) is 0 Å². The highest BCUT2D eigenvalue weighted by atomic mass is 16.4. The number of amides is 3. The van der Waals surface area contributed by atoms with Crippen LogP contribution in [0.15, 0.2) is 30.3 Å². The van der Waals surface area contributed by atoms with Crippen LogP contribution in [0, 0.1) is 5.92 Å². The van der Waals surface area contributed by atoms with Gasteiger partial charge in [-0.1, -0.05) is 44.2 Å². The van der Waals surface area contributed by atoms with E-state index in [2.05, 4.69) is 16.0 Å². The van der Waals surface area contributed by atoms with Crippen LogP contribution >= 0.6 is 0 Å². The standard InChI is InChI=1S/C22H32N4O7/c1-12(2)9-15(23)20(30)24-13(3)19(29)25-16(11-18(27)28)21(31)26-17(22(32)33)10-14-7-5-4-6-8-14/h4-8,12-13,15-17H,9-11,23H2,1-3H3,(H,24,30)(H,25,29)(H,26,31)(H,27,28)(H,32,33). The van der Waals surface area contributed by atoms with E-state index in [4.69, 9.17) is 10.8 Å². The second kappa shape index (κ2) is 13.2. The fourth-order valence-electron chi connectivity index (χ4n) is 3.00. The summed E-state index contributed by atoms with van der Waals surface area (Å²) in [5.74, 6) is -4.86. The summed E-state index contributed by atoms with van der Waals surface area (Å²) in [6.07, 6.45) is -0.402. The van der Waals surface area contributed by atoms with Crippen molar-refractivity contribution >= 4 is 29.7 Å². The van der Waals surface area contributed by atoms with Gasteiger partial charge in [-0.15, -0.1) is 0 Å². The molecule has 0 aromatic heterocycles. The fraction of sp³-hybridized carbons (Fsp3) is 0.500. The van der Waals surface area contributed by atoms with Crippen molar-refractivity contribution in [3.05, 3.63) is 35.9 Å². The van der Waals surface area contributed by atoms with Gasteiger partial charge >= 0.3 is 11.9 Å². The van der Waals surface area contributed by atoms with Gasteiger partial charge in [0.2, 0.25) is 17.7 Å². The lowest BCUT2D eigenvalue weighted by Gasteiger charge is -2.23. The maximum absolute atomic E-state index is 12.6. The van der Waals surface area contributed by atoms with Crippen LogP contribution in [0.3, 0.4) is 0 Å². The minimum absolute atomic E-state index is 0.0319. The fourth-order valence-corrected chi connectivity index (χ4v) is 3.00. The third kappa shape index (κ3) is 10.1. The molecule has 0 spiro atoms. The van der Waals surface area contributed by atoms with E-state index in [0.717, 1.165) is 0 Å². The highest BCUT2D eigenvalue weighted by Gasteiger charge is 2.30. The number of hydrogen-bond donors (Lipinski definition) is 6. The molecule has 1 aromatic carbocycles. The van der Waals surface area contributed by atoms with Crippen LogP contribution < -0.4 is 21.7 Å². The molecule has 0 saturated heterocycles. The van der Waals surface area contributed by atoms with Crippen LogP contribution in [0.2, 0.25) is 0 Å². The van der Waals surface area contributed by atoms with Crippen molar-refractivity contribution in [3.63, 3.8) is 0 Å². The molecular weight excluding hydrogens is 432 g/mol. The molecule has 0 heterocycles. The maximum atomic E-state index is 12.6. The first-order chi connectivity index (χ1) is 15.4. The Kier molecular flexibility index (Phi) is 11.0. The molecule has 0 aliphatic heterocycles. The van der Waals surface area contributed by atoms with Gasteiger partial charge in [-0.2, -0.15) is 0 Å². The van der Waals surface area contributed by atoms with E-state index in [0.29, 0.717) is 12.0 Å². The number of hydrogen-bond acceptors (Lipinski definition) is 6. The third-order valence-electron chi connectivity index (χ3n) is 4.72.